The van der Waals surface area contributed by atoms with E-state index in [4.69, 9.17) is 23.8 Å². The Kier molecular flexibility index (Phi) is 5.06. The van der Waals surface area contributed by atoms with Crippen molar-refractivity contribution in [1.82, 2.24) is 15.1 Å². The fourth-order valence-corrected chi connectivity index (χ4v) is 2.49. The van der Waals surface area contributed by atoms with E-state index in [0.717, 1.165) is 5.56 Å². The number of hydrazone groups is 1. The van der Waals surface area contributed by atoms with Crippen molar-refractivity contribution >= 4 is 46.0 Å². The lowest BCUT2D eigenvalue weighted by Crippen LogP contribution is -2.39. The molecule has 0 saturated carbocycles. The molecular weight excluding hydrogens is 358 g/mol. The first kappa shape index (κ1) is 17.1. The Bertz CT molecular complexity index is 1010. The fourth-order valence-electron chi connectivity index (χ4n) is 2.22. The molecule has 0 saturated heterocycles. The molecule has 1 aromatic heterocycles. The van der Waals surface area contributed by atoms with E-state index in [1.165, 1.54) is 4.68 Å². The van der Waals surface area contributed by atoms with Gasteiger partial charge < -0.3 is 0 Å². The smallest absolute Gasteiger partial charge is 0.267 e. The number of hydrogen-bond acceptors (Lipinski definition) is 4. The summed E-state index contributed by atoms with van der Waals surface area (Å²) in [7, 11) is 0. The molecule has 3 rings (SSSR count). The predicted molar refractivity (Wildman–Crippen MR) is 105 cm³/mol. The minimum Gasteiger partial charge on any atom is -0.267 e. The van der Waals surface area contributed by atoms with E-state index in [1.54, 1.807) is 43.5 Å². The zero-order valence-electron chi connectivity index (χ0n) is 13.2. The number of benzene rings is 2. The number of nitrogens with one attached hydrogen (secondary N) is 2. The molecule has 0 bridgehead atoms. The lowest BCUT2D eigenvalue weighted by atomic mass is 10.2. The number of aryl methyl sites for hydroxylation is 1. The third-order valence-corrected chi connectivity index (χ3v) is 3.84. The minimum absolute atomic E-state index is 0.174. The summed E-state index contributed by atoms with van der Waals surface area (Å²) in [6.45, 7) is 1.72. The molecule has 0 radical (unpaired) electrons. The van der Waals surface area contributed by atoms with Crippen LogP contribution >= 0.6 is 23.8 Å². The molecule has 3 aromatic rings. The molecule has 8 heteroatoms. The van der Waals surface area contributed by atoms with Crippen LogP contribution in [-0.4, -0.2) is 21.0 Å². The van der Waals surface area contributed by atoms with Crippen molar-refractivity contribution in [1.29, 1.82) is 0 Å². The minimum atomic E-state index is -0.228. The largest absolute Gasteiger partial charge is 0.280 e. The molecule has 2 N–H and O–H groups in total. The maximum atomic E-state index is 12.5. The van der Waals surface area contributed by atoms with Gasteiger partial charge in [0.2, 0.25) is 5.11 Å². The third-order valence-electron chi connectivity index (χ3n) is 3.41. The van der Waals surface area contributed by atoms with Gasteiger partial charge in [0.15, 0.2) is 0 Å². The summed E-state index contributed by atoms with van der Waals surface area (Å²) in [6.07, 6.45) is 1.60. The van der Waals surface area contributed by atoms with Gasteiger partial charge in [-0.05, 0) is 49.0 Å². The summed E-state index contributed by atoms with van der Waals surface area (Å²) in [5.41, 5.74) is 6.73. The second-order valence-corrected chi connectivity index (χ2v) is 6.02. The number of para-hydroxylation sites is 1. The molecule has 1 heterocycles. The van der Waals surface area contributed by atoms with Crippen molar-refractivity contribution in [2.75, 3.05) is 5.43 Å². The van der Waals surface area contributed by atoms with Crippen LogP contribution in [0.5, 0.6) is 0 Å². The van der Waals surface area contributed by atoms with Crippen LogP contribution in [0.3, 0.4) is 0 Å². The average molecular weight is 372 g/mol. The molecule has 2 aromatic carbocycles. The van der Waals surface area contributed by atoms with E-state index in [9.17, 15) is 4.79 Å². The molecular formula is C17H14ClN5OS. The fraction of sp³-hybridized carbons (Fsp3) is 0.0588. The van der Waals surface area contributed by atoms with Crippen molar-refractivity contribution in [3.05, 3.63) is 75.3 Å². The highest BCUT2D eigenvalue weighted by molar-refractivity contribution is 7.80. The van der Waals surface area contributed by atoms with Gasteiger partial charge in [0.1, 0.15) is 5.82 Å². The Morgan fingerprint density at radius 3 is 2.72 bits per heavy atom. The van der Waals surface area contributed by atoms with Gasteiger partial charge in [0, 0.05) is 5.02 Å². The second kappa shape index (κ2) is 7.42. The van der Waals surface area contributed by atoms with E-state index in [-0.39, 0.29) is 10.7 Å². The maximum Gasteiger partial charge on any atom is 0.280 e. The summed E-state index contributed by atoms with van der Waals surface area (Å²) in [5, 5.41) is 5.37. The van der Waals surface area contributed by atoms with Crippen LogP contribution < -0.4 is 16.4 Å². The predicted octanol–water partition coefficient (Wildman–Crippen LogP) is 2.81. The third kappa shape index (κ3) is 4.01. The first-order valence-corrected chi connectivity index (χ1v) is 8.17. The van der Waals surface area contributed by atoms with Gasteiger partial charge >= 0.3 is 0 Å². The molecule has 126 valence electrons. The van der Waals surface area contributed by atoms with Gasteiger partial charge in [-0.15, -0.1) is 0 Å². The normalized spacial score (nSPS) is 11.0. The van der Waals surface area contributed by atoms with Crippen LogP contribution in [-0.2, 0) is 0 Å². The summed E-state index contributed by atoms with van der Waals surface area (Å²) >= 11 is 11.0. The van der Waals surface area contributed by atoms with E-state index in [0.29, 0.717) is 21.7 Å². The summed E-state index contributed by atoms with van der Waals surface area (Å²) in [5.74, 6) is 0.495. The molecule has 25 heavy (non-hydrogen) atoms. The van der Waals surface area contributed by atoms with Crippen LogP contribution in [0.2, 0.25) is 5.02 Å². The maximum absolute atomic E-state index is 12.5. The van der Waals surface area contributed by atoms with Crippen LogP contribution in [0.4, 0.5) is 0 Å². The van der Waals surface area contributed by atoms with Crippen molar-refractivity contribution in [3.63, 3.8) is 0 Å². The molecule has 0 aliphatic rings. The standard InChI is InChI=1S/C17H14ClN5OS/c1-11-20-15-5-3-2-4-14(15)16(24)23(11)22-17(25)21-19-10-12-6-8-13(18)9-7-12/h2-10H,1H3,(H2,21,22,25)/b19-10+. The molecule has 6 nitrogen and oxygen atoms in total. The lowest BCUT2D eigenvalue weighted by molar-refractivity contribution is 0.825. The number of nitrogens with zero attached hydrogens (tertiary/aromatic N) is 3. The molecule has 0 unspecified atom stereocenters. The molecule has 0 aliphatic carbocycles. The van der Waals surface area contributed by atoms with Crippen LogP contribution in [0.25, 0.3) is 10.9 Å². The summed E-state index contributed by atoms with van der Waals surface area (Å²) in [6, 6.07) is 14.3. The highest BCUT2D eigenvalue weighted by Gasteiger charge is 2.08. The second-order valence-electron chi connectivity index (χ2n) is 5.18. The van der Waals surface area contributed by atoms with Crippen molar-refractivity contribution in [3.8, 4) is 0 Å². The lowest BCUT2D eigenvalue weighted by Gasteiger charge is -2.13. The topological polar surface area (TPSA) is 71.3 Å². The zero-order valence-corrected chi connectivity index (χ0v) is 14.8. The Labute approximate surface area is 154 Å². The Morgan fingerprint density at radius 1 is 1.24 bits per heavy atom. The van der Waals surface area contributed by atoms with Crippen LogP contribution in [0, 0.1) is 6.92 Å². The highest BCUT2D eigenvalue weighted by atomic mass is 35.5. The van der Waals surface area contributed by atoms with Crippen molar-refractivity contribution in [2.24, 2.45) is 5.10 Å². The molecule has 0 spiro atoms. The van der Waals surface area contributed by atoms with Gasteiger partial charge in [-0.1, -0.05) is 35.9 Å². The monoisotopic (exact) mass is 371 g/mol. The first-order chi connectivity index (χ1) is 12.0. The zero-order chi connectivity index (χ0) is 17.8. The molecule has 0 atom stereocenters. The summed E-state index contributed by atoms with van der Waals surface area (Å²) in [4.78, 5) is 16.9. The highest BCUT2D eigenvalue weighted by Crippen LogP contribution is 2.08. The van der Waals surface area contributed by atoms with E-state index in [1.807, 2.05) is 18.2 Å². The Balaban J connectivity index is 1.74. The van der Waals surface area contributed by atoms with Crippen molar-refractivity contribution < 1.29 is 0 Å². The number of hydrogen-bond donors (Lipinski definition) is 2. The quantitative estimate of drug-likeness (QED) is 0.421. The SMILES string of the molecule is Cc1nc2ccccc2c(=O)n1NC(=S)N/N=C/c1ccc(Cl)cc1. The number of halogens is 1. The van der Waals surface area contributed by atoms with E-state index >= 15 is 0 Å². The van der Waals surface area contributed by atoms with Crippen molar-refractivity contribution in [2.45, 2.75) is 6.92 Å². The molecule has 0 fully saturated rings. The Hall–Kier alpha value is -2.77. The number of fused-ring (bicyclic) bond motifs is 1. The average Bonchev–Trinajstić information content (AvgIpc) is 2.60. The van der Waals surface area contributed by atoms with Gasteiger partial charge in [0.25, 0.3) is 5.56 Å². The summed E-state index contributed by atoms with van der Waals surface area (Å²) < 4.78 is 1.29. The van der Waals surface area contributed by atoms with E-state index in [2.05, 4.69) is 20.9 Å². The number of rotatable bonds is 3. The van der Waals surface area contributed by atoms with Gasteiger partial charge in [0.05, 0.1) is 17.1 Å². The number of aromatic nitrogens is 2. The van der Waals surface area contributed by atoms with Gasteiger partial charge in [-0.2, -0.15) is 5.10 Å². The number of thiocarbonyl (C=S) groups is 1. The Morgan fingerprint density at radius 2 is 1.96 bits per heavy atom. The molecule has 0 aliphatic heterocycles. The van der Waals surface area contributed by atoms with Gasteiger partial charge in [-0.3, -0.25) is 15.6 Å². The van der Waals surface area contributed by atoms with Gasteiger partial charge in [-0.25, -0.2) is 9.66 Å². The molecule has 0 amide bonds. The first-order valence-electron chi connectivity index (χ1n) is 7.38. The van der Waals surface area contributed by atoms with Crippen LogP contribution in [0.15, 0.2) is 58.4 Å². The van der Waals surface area contributed by atoms with E-state index < -0.39 is 0 Å². The van der Waals surface area contributed by atoms with Crippen LogP contribution in [0.1, 0.15) is 11.4 Å².